The van der Waals surface area contributed by atoms with Crippen LogP contribution in [0, 0.1) is 0 Å². The zero-order valence-electron chi connectivity index (χ0n) is 11.1. The van der Waals surface area contributed by atoms with E-state index < -0.39 is 24.0 Å². The Kier molecular flexibility index (Phi) is 5.95. The second kappa shape index (κ2) is 7.46. The Morgan fingerprint density at radius 1 is 1.35 bits per heavy atom. The first-order valence-electron chi connectivity index (χ1n) is 6.19. The average molecular weight is 282 g/mol. The molecule has 1 aromatic rings. The lowest BCUT2D eigenvalue weighted by Crippen LogP contribution is -2.94. The Labute approximate surface area is 116 Å². The lowest BCUT2D eigenvalue weighted by molar-refractivity contribution is -0.687. The summed E-state index contributed by atoms with van der Waals surface area (Å²) in [5, 5.41) is 33.0. The molecule has 0 unspecified atom stereocenters. The van der Waals surface area contributed by atoms with Crippen molar-refractivity contribution >= 4 is 17.6 Å². The summed E-state index contributed by atoms with van der Waals surface area (Å²) in [6.07, 6.45) is -0.937. The van der Waals surface area contributed by atoms with Crippen molar-refractivity contribution < 1.29 is 30.2 Å². The number of aliphatic hydroxyl groups is 1. The van der Waals surface area contributed by atoms with Crippen LogP contribution in [0.5, 0.6) is 5.75 Å². The third kappa shape index (κ3) is 5.68. The minimum Gasteiger partial charge on any atom is -0.544 e. The van der Waals surface area contributed by atoms with Crippen LogP contribution in [0.3, 0.4) is 0 Å². The van der Waals surface area contributed by atoms with E-state index in [2.05, 4.69) is 5.32 Å². The molecule has 0 saturated heterocycles. The number of aliphatic hydroxyl groups excluding tert-OH is 1. The van der Waals surface area contributed by atoms with Crippen molar-refractivity contribution in [3.05, 3.63) is 24.3 Å². The summed E-state index contributed by atoms with van der Waals surface area (Å²) in [5.74, 6) is -1.76. The van der Waals surface area contributed by atoms with Gasteiger partial charge in [-0.25, -0.2) is 0 Å². The van der Waals surface area contributed by atoms with E-state index in [1.165, 1.54) is 36.5 Å². The molecule has 0 fully saturated rings. The van der Waals surface area contributed by atoms with E-state index >= 15 is 0 Å². The number of nitrogens with two attached hydrogens (primary N) is 1. The highest BCUT2D eigenvalue weighted by Crippen LogP contribution is 2.13. The summed E-state index contributed by atoms with van der Waals surface area (Å²) in [5.41, 5.74) is 0.459. The Balaban J connectivity index is 2.53. The van der Waals surface area contributed by atoms with Crippen LogP contribution in [0.15, 0.2) is 24.3 Å². The number of aromatic hydroxyl groups is 1. The SMILES string of the molecule is C[C@@H](O)C[NH2+][C@H](CC(=O)Nc1ccc(O)cc1)C(=O)[O-]. The normalized spacial score (nSPS) is 13.5. The van der Waals surface area contributed by atoms with Gasteiger partial charge in [-0.05, 0) is 31.2 Å². The van der Waals surface area contributed by atoms with E-state index in [0.717, 1.165) is 0 Å². The van der Waals surface area contributed by atoms with Gasteiger partial charge in [0.2, 0.25) is 5.91 Å². The summed E-state index contributed by atoms with van der Waals surface area (Å²) in [6.45, 7) is 1.70. The van der Waals surface area contributed by atoms with Crippen LogP contribution in [0.1, 0.15) is 13.3 Å². The molecular formula is C13H18N2O5. The molecule has 0 heterocycles. The predicted molar refractivity (Wildman–Crippen MR) is 68.6 cm³/mol. The fourth-order valence-corrected chi connectivity index (χ4v) is 1.58. The smallest absolute Gasteiger partial charge is 0.230 e. The first-order valence-corrected chi connectivity index (χ1v) is 6.19. The molecule has 7 nitrogen and oxygen atoms in total. The number of rotatable bonds is 7. The third-order valence-electron chi connectivity index (χ3n) is 2.62. The molecule has 0 spiro atoms. The first kappa shape index (κ1) is 15.9. The molecule has 20 heavy (non-hydrogen) atoms. The number of anilines is 1. The van der Waals surface area contributed by atoms with Crippen LogP contribution in [-0.4, -0.2) is 40.8 Å². The lowest BCUT2D eigenvalue weighted by Gasteiger charge is -2.17. The van der Waals surface area contributed by atoms with Crippen LogP contribution in [0.4, 0.5) is 5.69 Å². The number of phenolic OH excluding ortho intramolecular Hbond substituents is 1. The van der Waals surface area contributed by atoms with Crippen LogP contribution in [0.25, 0.3) is 0 Å². The molecule has 0 aliphatic carbocycles. The monoisotopic (exact) mass is 282 g/mol. The fraction of sp³-hybridized carbons (Fsp3) is 0.385. The lowest BCUT2D eigenvalue weighted by atomic mass is 10.2. The molecule has 1 aromatic carbocycles. The molecule has 0 aromatic heterocycles. The van der Waals surface area contributed by atoms with E-state index in [9.17, 15) is 14.7 Å². The quantitative estimate of drug-likeness (QED) is 0.422. The second-order valence-corrected chi connectivity index (χ2v) is 4.55. The van der Waals surface area contributed by atoms with E-state index in [1.54, 1.807) is 0 Å². The van der Waals surface area contributed by atoms with Gasteiger partial charge in [0.15, 0.2) is 0 Å². The number of carbonyl (C=O) groups is 2. The number of quaternary nitrogens is 1. The van der Waals surface area contributed by atoms with Gasteiger partial charge in [0.25, 0.3) is 0 Å². The molecule has 5 N–H and O–H groups in total. The number of hydrogen-bond donors (Lipinski definition) is 4. The minimum absolute atomic E-state index is 0.0703. The van der Waals surface area contributed by atoms with Crippen molar-refractivity contribution in [3.63, 3.8) is 0 Å². The number of amides is 1. The molecule has 0 bridgehead atoms. The summed E-state index contributed by atoms with van der Waals surface area (Å²) in [7, 11) is 0. The van der Waals surface area contributed by atoms with Gasteiger partial charge in [-0.2, -0.15) is 0 Å². The number of nitrogens with one attached hydrogen (secondary N) is 1. The molecule has 0 radical (unpaired) electrons. The second-order valence-electron chi connectivity index (χ2n) is 4.55. The molecule has 7 heteroatoms. The van der Waals surface area contributed by atoms with Gasteiger partial charge in [0.1, 0.15) is 18.3 Å². The largest absolute Gasteiger partial charge is 0.544 e. The number of carboxylic acid groups (broad SMARTS) is 1. The highest BCUT2D eigenvalue weighted by Gasteiger charge is 2.19. The topological polar surface area (TPSA) is 126 Å². The maximum absolute atomic E-state index is 11.7. The maximum Gasteiger partial charge on any atom is 0.230 e. The summed E-state index contributed by atoms with van der Waals surface area (Å²) < 4.78 is 0. The van der Waals surface area contributed by atoms with Crippen molar-refractivity contribution in [2.75, 3.05) is 11.9 Å². The van der Waals surface area contributed by atoms with Crippen LogP contribution in [0.2, 0.25) is 0 Å². The molecule has 2 atom stereocenters. The molecule has 110 valence electrons. The first-order chi connectivity index (χ1) is 9.38. The minimum atomic E-state index is -1.36. The van der Waals surface area contributed by atoms with E-state index in [1.807, 2.05) is 0 Å². The highest BCUT2D eigenvalue weighted by molar-refractivity contribution is 5.93. The third-order valence-corrected chi connectivity index (χ3v) is 2.62. The molecule has 0 aliphatic rings. The Bertz CT molecular complexity index is 458. The van der Waals surface area contributed by atoms with Crippen LogP contribution >= 0.6 is 0 Å². The molecule has 0 saturated carbocycles. The van der Waals surface area contributed by atoms with E-state index in [0.29, 0.717) is 5.69 Å². The molecular weight excluding hydrogens is 264 g/mol. The number of carbonyl (C=O) groups excluding carboxylic acids is 2. The van der Waals surface area contributed by atoms with Gasteiger partial charge < -0.3 is 30.7 Å². The Hall–Kier alpha value is -2.12. The van der Waals surface area contributed by atoms with E-state index in [4.69, 9.17) is 10.2 Å². The molecule has 1 rings (SSSR count). The summed E-state index contributed by atoms with van der Waals surface area (Å²) in [6, 6.07) is 4.76. The van der Waals surface area contributed by atoms with Crippen LogP contribution in [-0.2, 0) is 9.59 Å². The number of phenols is 1. The van der Waals surface area contributed by atoms with Gasteiger partial charge in [-0.3, -0.25) is 4.79 Å². The maximum atomic E-state index is 11.7. The number of hydrogen-bond acceptors (Lipinski definition) is 5. The number of benzene rings is 1. The molecule has 1 amide bonds. The fourth-order valence-electron chi connectivity index (χ4n) is 1.58. The summed E-state index contributed by atoms with van der Waals surface area (Å²) in [4.78, 5) is 22.6. The van der Waals surface area contributed by atoms with Crippen molar-refractivity contribution in [2.24, 2.45) is 0 Å². The van der Waals surface area contributed by atoms with Gasteiger partial charge in [0.05, 0.1) is 18.5 Å². The Morgan fingerprint density at radius 2 is 1.95 bits per heavy atom. The predicted octanol–water partition coefficient (Wildman–Crippen LogP) is -2.22. The average Bonchev–Trinajstić information content (AvgIpc) is 2.36. The van der Waals surface area contributed by atoms with Gasteiger partial charge in [0, 0.05) is 5.69 Å². The number of aliphatic carboxylic acids is 1. The van der Waals surface area contributed by atoms with Crippen molar-refractivity contribution in [1.82, 2.24) is 0 Å². The van der Waals surface area contributed by atoms with Crippen molar-refractivity contribution in [1.29, 1.82) is 0 Å². The highest BCUT2D eigenvalue weighted by atomic mass is 16.4. The number of carboxylic acids is 1. The molecule has 0 aliphatic heterocycles. The van der Waals surface area contributed by atoms with Crippen molar-refractivity contribution in [3.8, 4) is 5.75 Å². The van der Waals surface area contributed by atoms with E-state index in [-0.39, 0.29) is 18.7 Å². The van der Waals surface area contributed by atoms with Gasteiger partial charge in [-0.1, -0.05) is 0 Å². The van der Waals surface area contributed by atoms with Gasteiger partial charge in [-0.15, -0.1) is 0 Å². The Morgan fingerprint density at radius 3 is 2.45 bits per heavy atom. The zero-order chi connectivity index (χ0) is 15.1. The van der Waals surface area contributed by atoms with Gasteiger partial charge >= 0.3 is 0 Å². The van der Waals surface area contributed by atoms with Crippen molar-refractivity contribution in [2.45, 2.75) is 25.5 Å². The zero-order valence-corrected chi connectivity index (χ0v) is 11.1. The summed E-state index contributed by atoms with van der Waals surface area (Å²) >= 11 is 0. The van der Waals surface area contributed by atoms with Crippen LogP contribution < -0.4 is 15.7 Å². The standard InChI is InChI=1S/C13H18N2O5/c1-8(16)7-14-11(13(19)20)6-12(18)15-9-2-4-10(17)5-3-9/h2-5,8,11,14,16-17H,6-7H2,1H3,(H,15,18)(H,19,20)/t8-,11-/m1/s1.